The number of carbonyl (C=O) groups is 1. The molecule has 0 fully saturated rings. The van der Waals surface area contributed by atoms with Crippen molar-refractivity contribution < 1.29 is 13.9 Å². The van der Waals surface area contributed by atoms with Crippen LogP contribution in [0.2, 0.25) is 0 Å². The first kappa shape index (κ1) is 15.9. The van der Waals surface area contributed by atoms with E-state index < -0.39 is 0 Å². The second-order valence-corrected chi connectivity index (χ2v) is 5.44. The summed E-state index contributed by atoms with van der Waals surface area (Å²) in [7, 11) is 1.56. The van der Waals surface area contributed by atoms with E-state index in [2.05, 4.69) is 15.6 Å². The molecule has 0 saturated carbocycles. The second kappa shape index (κ2) is 7.04. The third-order valence-electron chi connectivity index (χ3n) is 3.68. The zero-order chi connectivity index (χ0) is 16.9. The maximum atomic E-state index is 12.1. The smallest absolute Gasteiger partial charge is 0.315 e. The van der Waals surface area contributed by atoms with Crippen molar-refractivity contribution in [1.82, 2.24) is 15.6 Å². The number of hydrogen-bond acceptors (Lipinski definition) is 4. The molecule has 0 aliphatic rings. The zero-order valence-electron chi connectivity index (χ0n) is 13.6. The van der Waals surface area contributed by atoms with E-state index in [1.807, 2.05) is 43.3 Å². The number of para-hydroxylation sites is 1. The molecule has 2 amide bonds. The second-order valence-electron chi connectivity index (χ2n) is 5.44. The van der Waals surface area contributed by atoms with Crippen LogP contribution in [-0.2, 0) is 6.54 Å². The van der Waals surface area contributed by atoms with Crippen LogP contribution in [0.25, 0.3) is 11.0 Å². The average Bonchev–Trinajstić information content (AvgIpc) is 3.04. The minimum Gasteiger partial charge on any atom is -0.481 e. The summed E-state index contributed by atoms with van der Waals surface area (Å²) in [5.74, 6) is 1.24. The first-order valence-electron chi connectivity index (χ1n) is 7.67. The number of rotatable bonds is 5. The Kier molecular flexibility index (Phi) is 4.65. The van der Waals surface area contributed by atoms with Crippen molar-refractivity contribution in [2.75, 3.05) is 7.11 Å². The lowest BCUT2D eigenvalue weighted by Gasteiger charge is -2.12. The fraction of sp³-hybridized carbons (Fsp3) is 0.222. The molecule has 2 heterocycles. The van der Waals surface area contributed by atoms with Gasteiger partial charge in [0.15, 0.2) is 0 Å². The van der Waals surface area contributed by atoms with Crippen molar-refractivity contribution >= 4 is 17.0 Å². The van der Waals surface area contributed by atoms with E-state index in [0.29, 0.717) is 12.4 Å². The number of urea groups is 1. The van der Waals surface area contributed by atoms with Gasteiger partial charge in [0.05, 0.1) is 13.2 Å². The molecule has 0 bridgehead atoms. The van der Waals surface area contributed by atoms with E-state index in [-0.39, 0.29) is 12.1 Å². The minimum absolute atomic E-state index is 0.232. The number of carbonyl (C=O) groups excluding carboxylic acids is 1. The third kappa shape index (κ3) is 3.65. The van der Waals surface area contributed by atoms with Crippen LogP contribution < -0.4 is 15.4 Å². The van der Waals surface area contributed by atoms with E-state index in [4.69, 9.17) is 9.15 Å². The van der Waals surface area contributed by atoms with Crippen LogP contribution in [0.4, 0.5) is 4.79 Å². The van der Waals surface area contributed by atoms with E-state index in [1.54, 1.807) is 19.4 Å². The van der Waals surface area contributed by atoms with Crippen LogP contribution in [0.3, 0.4) is 0 Å². The number of benzene rings is 1. The molecule has 3 aromatic rings. The summed E-state index contributed by atoms with van der Waals surface area (Å²) in [6.07, 6.45) is 1.64. The van der Waals surface area contributed by atoms with Crippen LogP contribution in [0.15, 0.2) is 53.1 Å². The first-order valence-corrected chi connectivity index (χ1v) is 7.67. The van der Waals surface area contributed by atoms with Crippen molar-refractivity contribution in [2.24, 2.45) is 0 Å². The summed E-state index contributed by atoms with van der Waals surface area (Å²) < 4.78 is 10.8. The van der Waals surface area contributed by atoms with Gasteiger partial charge in [0.2, 0.25) is 5.88 Å². The van der Waals surface area contributed by atoms with Crippen LogP contribution in [0, 0.1) is 0 Å². The standard InChI is InChI=1S/C18H19N3O3/c1-12(16-10-14-5-3-4-6-15(14)24-16)21-18(22)20-11-13-7-8-19-17(9-13)23-2/h3-10,12H,11H2,1-2H3,(H2,20,21,22)/t12-/m0/s1. The molecule has 24 heavy (non-hydrogen) atoms. The van der Waals surface area contributed by atoms with Crippen LogP contribution in [-0.4, -0.2) is 18.1 Å². The lowest BCUT2D eigenvalue weighted by molar-refractivity contribution is 0.236. The molecule has 6 nitrogen and oxygen atoms in total. The number of aromatic nitrogens is 1. The molecular weight excluding hydrogens is 306 g/mol. The van der Waals surface area contributed by atoms with Crippen molar-refractivity contribution in [3.8, 4) is 5.88 Å². The SMILES string of the molecule is COc1cc(CNC(=O)N[C@@H](C)c2cc3ccccc3o2)ccn1. The number of hydrogen-bond donors (Lipinski definition) is 2. The fourth-order valence-electron chi connectivity index (χ4n) is 2.39. The summed E-state index contributed by atoms with van der Waals surface area (Å²) in [5.41, 5.74) is 1.72. The molecule has 6 heteroatoms. The third-order valence-corrected chi connectivity index (χ3v) is 3.68. The number of ether oxygens (including phenoxy) is 1. The van der Waals surface area contributed by atoms with Gasteiger partial charge in [-0.1, -0.05) is 18.2 Å². The fourth-order valence-corrected chi connectivity index (χ4v) is 2.39. The quantitative estimate of drug-likeness (QED) is 0.754. The molecule has 0 spiro atoms. The van der Waals surface area contributed by atoms with Crippen molar-refractivity contribution in [3.05, 3.63) is 60.0 Å². The van der Waals surface area contributed by atoms with Gasteiger partial charge in [0, 0.05) is 24.2 Å². The summed E-state index contributed by atoms with van der Waals surface area (Å²) in [4.78, 5) is 16.1. The molecule has 0 unspecified atom stereocenters. The van der Waals surface area contributed by atoms with Crippen LogP contribution in [0.5, 0.6) is 5.88 Å². The monoisotopic (exact) mass is 325 g/mol. The summed E-state index contributed by atoms with van der Waals surface area (Å²) in [5, 5.41) is 6.69. The highest BCUT2D eigenvalue weighted by Crippen LogP contribution is 2.23. The molecule has 0 radical (unpaired) electrons. The number of amides is 2. The lowest BCUT2D eigenvalue weighted by Crippen LogP contribution is -2.36. The molecule has 0 saturated heterocycles. The maximum Gasteiger partial charge on any atom is 0.315 e. The zero-order valence-corrected chi connectivity index (χ0v) is 13.6. The number of nitrogens with zero attached hydrogens (tertiary/aromatic N) is 1. The Morgan fingerprint density at radius 2 is 2.12 bits per heavy atom. The Labute approximate surface area is 139 Å². The molecule has 0 aliphatic heterocycles. The highest BCUT2D eigenvalue weighted by molar-refractivity contribution is 5.78. The van der Waals surface area contributed by atoms with Gasteiger partial charge in [-0.3, -0.25) is 0 Å². The highest BCUT2D eigenvalue weighted by atomic mass is 16.5. The van der Waals surface area contributed by atoms with Crippen molar-refractivity contribution in [3.63, 3.8) is 0 Å². The van der Waals surface area contributed by atoms with Crippen molar-refractivity contribution in [1.29, 1.82) is 0 Å². The number of nitrogens with one attached hydrogen (secondary N) is 2. The molecule has 124 valence electrons. The lowest BCUT2D eigenvalue weighted by atomic mass is 10.2. The largest absolute Gasteiger partial charge is 0.481 e. The molecule has 0 aliphatic carbocycles. The van der Waals surface area contributed by atoms with Crippen LogP contribution in [0.1, 0.15) is 24.3 Å². The Bertz CT molecular complexity index is 811. The summed E-state index contributed by atoms with van der Waals surface area (Å²) >= 11 is 0. The Balaban J connectivity index is 1.57. The van der Waals surface area contributed by atoms with E-state index in [1.165, 1.54) is 0 Å². The Hall–Kier alpha value is -3.02. The highest BCUT2D eigenvalue weighted by Gasteiger charge is 2.14. The number of furan rings is 1. The van der Waals surface area contributed by atoms with Gasteiger partial charge in [0.1, 0.15) is 11.3 Å². The molecule has 1 aromatic carbocycles. The summed E-state index contributed by atoms with van der Waals surface area (Å²) in [6, 6.07) is 12.8. The number of pyridine rings is 1. The van der Waals surface area contributed by atoms with Gasteiger partial charge >= 0.3 is 6.03 Å². The van der Waals surface area contributed by atoms with E-state index >= 15 is 0 Å². The van der Waals surface area contributed by atoms with Gasteiger partial charge in [-0.2, -0.15) is 0 Å². The predicted molar refractivity (Wildman–Crippen MR) is 90.8 cm³/mol. The van der Waals surface area contributed by atoms with Gasteiger partial charge < -0.3 is 19.8 Å². The van der Waals surface area contributed by atoms with Gasteiger partial charge in [-0.05, 0) is 30.7 Å². The number of fused-ring (bicyclic) bond motifs is 1. The topological polar surface area (TPSA) is 76.4 Å². The summed E-state index contributed by atoms with van der Waals surface area (Å²) in [6.45, 7) is 2.27. The van der Waals surface area contributed by atoms with Crippen molar-refractivity contribution in [2.45, 2.75) is 19.5 Å². The van der Waals surface area contributed by atoms with E-state index in [0.717, 1.165) is 22.3 Å². The average molecular weight is 325 g/mol. The first-order chi connectivity index (χ1) is 11.7. The number of methoxy groups -OCH3 is 1. The Morgan fingerprint density at radius 1 is 1.29 bits per heavy atom. The van der Waals surface area contributed by atoms with Gasteiger partial charge in [0.25, 0.3) is 0 Å². The predicted octanol–water partition coefficient (Wildman–Crippen LogP) is 3.40. The van der Waals surface area contributed by atoms with E-state index in [9.17, 15) is 4.79 Å². The molecular formula is C18H19N3O3. The molecule has 2 N–H and O–H groups in total. The molecule has 2 aromatic heterocycles. The van der Waals surface area contributed by atoms with Crippen LogP contribution >= 0.6 is 0 Å². The minimum atomic E-state index is -0.265. The molecule has 3 rings (SSSR count). The Morgan fingerprint density at radius 3 is 2.92 bits per heavy atom. The maximum absolute atomic E-state index is 12.1. The van der Waals surface area contributed by atoms with Gasteiger partial charge in [-0.15, -0.1) is 0 Å². The normalized spacial score (nSPS) is 11.9. The van der Waals surface area contributed by atoms with Gasteiger partial charge in [-0.25, -0.2) is 9.78 Å². The molecule has 1 atom stereocenters.